The van der Waals surface area contributed by atoms with E-state index in [1.54, 1.807) is 0 Å². The van der Waals surface area contributed by atoms with E-state index in [9.17, 15) is 0 Å². The van der Waals surface area contributed by atoms with Crippen molar-refractivity contribution in [2.75, 3.05) is 11.5 Å². The molecule has 0 spiro atoms. The zero-order valence-corrected chi connectivity index (χ0v) is 15.7. The highest BCUT2D eigenvalue weighted by molar-refractivity contribution is 7.99. The van der Waals surface area contributed by atoms with Crippen LogP contribution in [0.3, 0.4) is 0 Å². The smallest absolute Gasteiger partial charge is 0.0100 e. The van der Waals surface area contributed by atoms with Crippen LogP contribution >= 0.6 is 23.5 Å². The Labute approximate surface area is 155 Å². The van der Waals surface area contributed by atoms with Gasteiger partial charge in [-0.15, -0.1) is 23.5 Å². The second-order valence-electron chi connectivity index (χ2n) is 5.44. The lowest BCUT2D eigenvalue weighted by molar-refractivity contribution is 0.945. The van der Waals surface area contributed by atoms with Crippen LogP contribution in [0, 0.1) is 11.8 Å². The predicted molar refractivity (Wildman–Crippen MR) is 110 cm³/mol. The lowest BCUT2D eigenvalue weighted by Gasteiger charge is -2.01. The zero-order valence-electron chi connectivity index (χ0n) is 14.0. The van der Waals surface area contributed by atoms with Gasteiger partial charge in [-0.05, 0) is 60.6 Å². The van der Waals surface area contributed by atoms with Crippen molar-refractivity contribution in [3.63, 3.8) is 0 Å². The Morgan fingerprint density at radius 3 is 1.92 bits per heavy atom. The normalized spacial score (nSPS) is 10.0. The molecule has 0 heterocycles. The highest BCUT2D eigenvalue weighted by Crippen LogP contribution is 2.19. The van der Waals surface area contributed by atoms with Crippen LogP contribution in [0.5, 0.6) is 0 Å². The van der Waals surface area contributed by atoms with Gasteiger partial charge >= 0.3 is 0 Å². The quantitative estimate of drug-likeness (QED) is 0.280. The summed E-state index contributed by atoms with van der Waals surface area (Å²) < 4.78 is 0. The molecule has 24 heavy (non-hydrogen) atoms. The van der Waals surface area contributed by atoms with Crippen LogP contribution in [0.2, 0.25) is 0 Å². The van der Waals surface area contributed by atoms with Crippen molar-refractivity contribution in [2.45, 2.75) is 35.5 Å². The van der Waals surface area contributed by atoms with Crippen molar-refractivity contribution in [3.05, 3.63) is 72.8 Å². The third-order valence-electron chi connectivity index (χ3n) is 3.36. The van der Waals surface area contributed by atoms with Crippen LogP contribution in [-0.4, -0.2) is 11.5 Å². The first-order valence-corrected chi connectivity index (χ1v) is 10.3. The molecule has 0 bridgehead atoms. The summed E-state index contributed by atoms with van der Waals surface area (Å²) in [5.41, 5.74) is 1.07. The Morgan fingerprint density at radius 2 is 1.33 bits per heavy atom. The molecule has 0 N–H and O–H groups in total. The highest BCUT2D eigenvalue weighted by Gasteiger charge is 1.95. The Kier molecular flexibility index (Phi) is 9.31. The van der Waals surface area contributed by atoms with Gasteiger partial charge in [-0.2, -0.15) is 0 Å². The van der Waals surface area contributed by atoms with Gasteiger partial charge in [0, 0.05) is 16.2 Å². The van der Waals surface area contributed by atoms with E-state index in [1.165, 1.54) is 9.79 Å². The van der Waals surface area contributed by atoms with E-state index in [0.717, 1.165) is 42.8 Å². The molecule has 0 unspecified atom stereocenters. The van der Waals surface area contributed by atoms with Crippen LogP contribution in [0.4, 0.5) is 0 Å². The van der Waals surface area contributed by atoms with Crippen LogP contribution in [0.25, 0.3) is 0 Å². The largest absolute Gasteiger partial charge is 0.126 e. The maximum atomic E-state index is 4.08. The van der Waals surface area contributed by atoms with Gasteiger partial charge in [0.05, 0.1) is 0 Å². The molecule has 0 saturated carbocycles. The standard InChI is InChI=1S/C22H24S2/c1-20(13-11-19-24-22-16-8-3-9-17-22)12-5-4-10-18-23-21-14-6-2-7-15-21/h2-3,6-9,14-17H,1,4,10-11,13,18-19H2. The number of unbranched alkanes of at least 4 members (excludes halogenated alkanes) is 1. The SMILES string of the molecule is C=C(C#CCCCSc1ccccc1)CCCSc1ccccc1. The minimum atomic E-state index is 0.956. The maximum absolute atomic E-state index is 4.08. The first kappa shape index (κ1) is 18.8. The van der Waals surface area contributed by atoms with Gasteiger partial charge in [-0.1, -0.05) is 54.8 Å². The van der Waals surface area contributed by atoms with Crippen molar-refractivity contribution >= 4 is 23.5 Å². The molecule has 0 radical (unpaired) electrons. The second-order valence-corrected chi connectivity index (χ2v) is 7.77. The molecule has 0 aliphatic carbocycles. The van der Waals surface area contributed by atoms with E-state index in [2.05, 4.69) is 79.1 Å². The number of hydrogen-bond donors (Lipinski definition) is 0. The highest BCUT2D eigenvalue weighted by atomic mass is 32.2. The van der Waals surface area contributed by atoms with E-state index in [0.29, 0.717) is 0 Å². The molecule has 124 valence electrons. The zero-order chi connectivity index (χ0) is 16.9. The van der Waals surface area contributed by atoms with Gasteiger partial charge in [-0.3, -0.25) is 0 Å². The number of rotatable bonds is 9. The molecule has 2 aromatic carbocycles. The fourth-order valence-corrected chi connectivity index (χ4v) is 3.86. The molecule has 0 aromatic heterocycles. The Bertz CT molecular complexity index is 651. The maximum Gasteiger partial charge on any atom is 0.0100 e. The Balaban J connectivity index is 1.51. The van der Waals surface area contributed by atoms with E-state index >= 15 is 0 Å². The van der Waals surface area contributed by atoms with Crippen LogP contribution in [0.15, 0.2) is 82.6 Å². The van der Waals surface area contributed by atoms with Crippen LogP contribution in [-0.2, 0) is 0 Å². The molecule has 0 aliphatic rings. The van der Waals surface area contributed by atoms with Crippen LogP contribution < -0.4 is 0 Å². The summed E-state index contributed by atoms with van der Waals surface area (Å²) in [7, 11) is 0. The fraction of sp³-hybridized carbons (Fsp3) is 0.273. The van der Waals surface area contributed by atoms with Gasteiger partial charge in [0.15, 0.2) is 0 Å². The van der Waals surface area contributed by atoms with Crippen molar-refractivity contribution < 1.29 is 0 Å². The van der Waals surface area contributed by atoms with Gasteiger partial charge in [0.2, 0.25) is 0 Å². The minimum absolute atomic E-state index is 0.956. The molecule has 2 rings (SSSR count). The number of allylic oxidation sites excluding steroid dienone is 1. The molecule has 0 nitrogen and oxygen atoms in total. The molecule has 0 atom stereocenters. The summed E-state index contributed by atoms with van der Waals surface area (Å²) in [5.74, 6) is 8.72. The number of hydrogen-bond acceptors (Lipinski definition) is 2. The predicted octanol–water partition coefficient (Wildman–Crippen LogP) is 6.69. The van der Waals surface area contributed by atoms with E-state index < -0.39 is 0 Å². The average molecular weight is 353 g/mol. The number of thioether (sulfide) groups is 2. The average Bonchev–Trinajstić information content (AvgIpc) is 2.63. The molecule has 2 heteroatoms. The second kappa shape index (κ2) is 11.9. The summed E-state index contributed by atoms with van der Waals surface area (Å²) in [4.78, 5) is 2.68. The van der Waals surface area contributed by atoms with Gasteiger partial charge in [0.25, 0.3) is 0 Å². The van der Waals surface area contributed by atoms with Gasteiger partial charge in [-0.25, -0.2) is 0 Å². The molecular formula is C22H24S2. The first-order chi connectivity index (χ1) is 11.8. The molecular weight excluding hydrogens is 328 g/mol. The molecule has 0 amide bonds. The Hall–Kier alpha value is -1.56. The number of benzene rings is 2. The van der Waals surface area contributed by atoms with Crippen molar-refractivity contribution in [3.8, 4) is 11.8 Å². The van der Waals surface area contributed by atoms with E-state index in [-0.39, 0.29) is 0 Å². The minimum Gasteiger partial charge on any atom is -0.126 e. The molecule has 0 saturated heterocycles. The van der Waals surface area contributed by atoms with Crippen molar-refractivity contribution in [2.24, 2.45) is 0 Å². The van der Waals surface area contributed by atoms with E-state index in [4.69, 9.17) is 0 Å². The third kappa shape index (κ3) is 8.34. The summed E-state index contributed by atoms with van der Waals surface area (Å²) in [5, 5.41) is 0. The molecule has 0 fully saturated rings. The molecule has 2 aromatic rings. The summed E-state index contributed by atoms with van der Waals surface area (Å²) in [6.45, 7) is 4.08. The van der Waals surface area contributed by atoms with Gasteiger partial charge in [0.1, 0.15) is 0 Å². The third-order valence-corrected chi connectivity index (χ3v) is 5.55. The van der Waals surface area contributed by atoms with Crippen molar-refractivity contribution in [1.29, 1.82) is 0 Å². The summed E-state index contributed by atoms with van der Waals surface area (Å²) in [6.07, 6.45) is 4.23. The summed E-state index contributed by atoms with van der Waals surface area (Å²) in [6, 6.07) is 21.1. The topological polar surface area (TPSA) is 0 Å². The van der Waals surface area contributed by atoms with Crippen molar-refractivity contribution in [1.82, 2.24) is 0 Å². The summed E-state index contributed by atoms with van der Waals surface area (Å²) >= 11 is 3.80. The van der Waals surface area contributed by atoms with Gasteiger partial charge < -0.3 is 0 Å². The first-order valence-electron chi connectivity index (χ1n) is 8.37. The lowest BCUT2D eigenvalue weighted by Crippen LogP contribution is -1.83. The monoisotopic (exact) mass is 352 g/mol. The fourth-order valence-electron chi connectivity index (χ4n) is 2.11. The Morgan fingerprint density at radius 1 is 0.792 bits per heavy atom. The lowest BCUT2D eigenvalue weighted by atomic mass is 10.2. The van der Waals surface area contributed by atoms with E-state index in [1.807, 2.05) is 23.5 Å². The molecule has 0 aliphatic heterocycles. The van der Waals surface area contributed by atoms with Crippen LogP contribution in [0.1, 0.15) is 25.7 Å².